The van der Waals surface area contributed by atoms with Crippen LogP contribution in [0.15, 0.2) is 85.5 Å². The van der Waals surface area contributed by atoms with E-state index in [4.69, 9.17) is 4.74 Å². The summed E-state index contributed by atoms with van der Waals surface area (Å²) in [6.45, 7) is 5.33. The molecule has 0 aliphatic heterocycles. The minimum absolute atomic E-state index is 0.119. The van der Waals surface area contributed by atoms with E-state index in [1.165, 1.54) is 93.2 Å². The van der Waals surface area contributed by atoms with Crippen LogP contribution >= 0.6 is 0 Å². The third-order valence-corrected chi connectivity index (χ3v) is 7.02. The summed E-state index contributed by atoms with van der Waals surface area (Å²) < 4.78 is 18.8. The third kappa shape index (κ3) is 12.4. The Labute approximate surface area is 234 Å². The first-order valence-electron chi connectivity index (χ1n) is 14.5. The molecule has 0 fully saturated rings. The fourth-order valence-corrected chi connectivity index (χ4v) is 4.57. The van der Waals surface area contributed by atoms with Crippen LogP contribution in [0, 0.1) is 5.82 Å². The van der Waals surface area contributed by atoms with Crippen molar-refractivity contribution in [3.05, 3.63) is 119 Å². The lowest BCUT2D eigenvalue weighted by atomic mass is 10.0. The minimum Gasteiger partial charge on any atom is -0.377 e. The van der Waals surface area contributed by atoms with Crippen LogP contribution in [0.1, 0.15) is 96.8 Å². The molecule has 0 aliphatic rings. The van der Waals surface area contributed by atoms with E-state index in [9.17, 15) is 9.18 Å². The molecule has 0 amide bonds. The van der Waals surface area contributed by atoms with Crippen molar-refractivity contribution >= 4 is 17.9 Å². The van der Waals surface area contributed by atoms with Gasteiger partial charge in [-0.3, -0.25) is 4.79 Å². The summed E-state index contributed by atoms with van der Waals surface area (Å²) in [5.74, 6) is -0.455. The third-order valence-electron chi connectivity index (χ3n) is 7.02. The van der Waals surface area contributed by atoms with Crippen molar-refractivity contribution in [3.8, 4) is 0 Å². The second-order valence-electron chi connectivity index (χ2n) is 10.2. The molecular weight excluding hydrogens is 483 g/mol. The van der Waals surface area contributed by atoms with Gasteiger partial charge in [-0.05, 0) is 71.9 Å². The molecule has 0 bridgehead atoms. The normalized spacial score (nSPS) is 11.2. The first kappa shape index (κ1) is 30.2. The van der Waals surface area contributed by atoms with Crippen molar-refractivity contribution in [1.82, 2.24) is 0 Å². The fraction of sp³-hybridized carbons (Fsp3) is 0.361. The molecule has 0 spiro atoms. The molecule has 3 rings (SSSR count). The average Bonchev–Trinajstić information content (AvgIpc) is 2.97. The number of halogens is 1. The lowest BCUT2D eigenvalue weighted by Gasteiger charge is -2.06. The van der Waals surface area contributed by atoms with Gasteiger partial charge in [-0.15, -0.1) is 0 Å². The zero-order chi connectivity index (χ0) is 27.5. The van der Waals surface area contributed by atoms with E-state index in [0.717, 1.165) is 30.6 Å². The number of carbonyl (C=O) groups is 1. The van der Waals surface area contributed by atoms with Crippen LogP contribution in [-0.2, 0) is 17.8 Å². The number of rotatable bonds is 19. The maximum Gasteiger partial charge on any atom is 0.185 e. The minimum atomic E-state index is -0.336. The van der Waals surface area contributed by atoms with Gasteiger partial charge in [0.25, 0.3) is 0 Å². The second kappa shape index (κ2) is 18.1. The molecule has 39 heavy (non-hydrogen) atoms. The highest BCUT2D eigenvalue weighted by Gasteiger charge is 2.02. The average molecular weight is 527 g/mol. The molecule has 0 unspecified atom stereocenters. The smallest absolute Gasteiger partial charge is 0.185 e. The van der Waals surface area contributed by atoms with Gasteiger partial charge in [-0.25, -0.2) is 4.39 Å². The molecule has 0 radical (unpaired) electrons. The first-order valence-corrected chi connectivity index (χ1v) is 14.5. The Morgan fingerprint density at radius 1 is 0.667 bits per heavy atom. The highest BCUT2D eigenvalue weighted by Crippen LogP contribution is 2.15. The van der Waals surface area contributed by atoms with Crippen LogP contribution < -0.4 is 0 Å². The molecule has 0 saturated carbocycles. The number of ketones is 1. The maximum absolute atomic E-state index is 13.0. The summed E-state index contributed by atoms with van der Waals surface area (Å²) in [6.07, 6.45) is 19.2. The van der Waals surface area contributed by atoms with Gasteiger partial charge in [-0.1, -0.05) is 119 Å². The standard InChI is InChI=1S/C36H43FO2/c1-2-30-14-20-33(21-15-30)29-39-28-12-10-8-6-4-3-5-7-9-11-13-31-16-18-32(19-17-31)22-27-36(38)34-23-25-35(37)26-24-34/h2,14-27H,1,3-13,28-29H2. The first-order chi connectivity index (χ1) is 19.1. The maximum atomic E-state index is 13.0. The SMILES string of the molecule is C=Cc1ccc(COCCCCCCCCCCCCc2ccc(C=CC(=O)c3ccc(F)cc3)cc2)cc1. The fourth-order valence-electron chi connectivity index (χ4n) is 4.57. The van der Waals surface area contributed by atoms with Crippen LogP contribution in [0.3, 0.4) is 0 Å². The number of allylic oxidation sites excluding steroid dienone is 1. The molecule has 0 aromatic heterocycles. The summed E-state index contributed by atoms with van der Waals surface area (Å²) in [5, 5.41) is 0. The summed E-state index contributed by atoms with van der Waals surface area (Å²) >= 11 is 0. The van der Waals surface area contributed by atoms with Crippen molar-refractivity contribution in [1.29, 1.82) is 0 Å². The van der Waals surface area contributed by atoms with Crippen molar-refractivity contribution in [2.45, 2.75) is 77.2 Å². The number of ether oxygens (including phenoxy) is 1. The van der Waals surface area contributed by atoms with Gasteiger partial charge in [0.05, 0.1) is 6.61 Å². The van der Waals surface area contributed by atoms with Crippen LogP contribution in [-0.4, -0.2) is 12.4 Å². The Hall–Kier alpha value is -3.30. The number of aryl methyl sites for hydroxylation is 1. The molecule has 3 aromatic rings. The predicted molar refractivity (Wildman–Crippen MR) is 162 cm³/mol. The topological polar surface area (TPSA) is 26.3 Å². The van der Waals surface area contributed by atoms with Crippen molar-refractivity contribution < 1.29 is 13.9 Å². The monoisotopic (exact) mass is 526 g/mol. The zero-order valence-corrected chi connectivity index (χ0v) is 23.3. The second-order valence-corrected chi connectivity index (χ2v) is 10.2. The largest absolute Gasteiger partial charge is 0.377 e. The molecule has 0 atom stereocenters. The Morgan fingerprint density at radius 3 is 1.82 bits per heavy atom. The summed E-state index contributed by atoms with van der Waals surface area (Å²) in [4.78, 5) is 12.2. The predicted octanol–water partition coefficient (Wildman–Crippen LogP) is 10.0. The molecule has 0 saturated heterocycles. The summed E-state index contributed by atoms with van der Waals surface area (Å²) in [5.41, 5.74) is 5.20. The molecule has 0 heterocycles. The van der Waals surface area contributed by atoms with Crippen molar-refractivity contribution in [2.24, 2.45) is 0 Å². The lowest BCUT2D eigenvalue weighted by molar-refractivity contribution is 0.104. The van der Waals surface area contributed by atoms with Gasteiger partial charge in [0.2, 0.25) is 0 Å². The van der Waals surface area contributed by atoms with Gasteiger partial charge in [0, 0.05) is 12.2 Å². The van der Waals surface area contributed by atoms with E-state index in [1.54, 1.807) is 6.08 Å². The Kier molecular flexibility index (Phi) is 14.0. The van der Waals surface area contributed by atoms with E-state index >= 15 is 0 Å². The molecule has 2 nitrogen and oxygen atoms in total. The molecule has 206 valence electrons. The summed E-state index contributed by atoms with van der Waals surface area (Å²) in [6, 6.07) is 22.4. The van der Waals surface area contributed by atoms with Crippen LogP contribution in [0.5, 0.6) is 0 Å². The van der Waals surface area contributed by atoms with Gasteiger partial charge >= 0.3 is 0 Å². The zero-order valence-electron chi connectivity index (χ0n) is 23.3. The van der Waals surface area contributed by atoms with Gasteiger partial charge in [0.15, 0.2) is 5.78 Å². The Balaban J connectivity index is 1.13. The highest BCUT2D eigenvalue weighted by molar-refractivity contribution is 6.06. The quantitative estimate of drug-likeness (QED) is 0.0882. The van der Waals surface area contributed by atoms with E-state index in [-0.39, 0.29) is 11.6 Å². The molecule has 0 aliphatic carbocycles. The summed E-state index contributed by atoms with van der Waals surface area (Å²) in [7, 11) is 0. The number of hydrogen-bond donors (Lipinski definition) is 0. The molecule has 0 N–H and O–H groups in total. The molecule has 3 heteroatoms. The highest BCUT2D eigenvalue weighted by atomic mass is 19.1. The van der Waals surface area contributed by atoms with Crippen molar-refractivity contribution in [3.63, 3.8) is 0 Å². The van der Waals surface area contributed by atoms with E-state index in [2.05, 4.69) is 55.1 Å². The number of carbonyl (C=O) groups excluding carboxylic acids is 1. The van der Waals surface area contributed by atoms with E-state index in [0.29, 0.717) is 12.2 Å². The number of benzene rings is 3. The van der Waals surface area contributed by atoms with Crippen molar-refractivity contribution in [2.75, 3.05) is 6.61 Å². The van der Waals surface area contributed by atoms with Crippen LogP contribution in [0.25, 0.3) is 12.2 Å². The van der Waals surface area contributed by atoms with E-state index < -0.39 is 0 Å². The van der Waals surface area contributed by atoms with Gasteiger partial charge < -0.3 is 4.74 Å². The van der Waals surface area contributed by atoms with E-state index in [1.807, 2.05) is 12.2 Å². The van der Waals surface area contributed by atoms with Gasteiger partial charge in [-0.2, -0.15) is 0 Å². The number of hydrogen-bond acceptors (Lipinski definition) is 2. The van der Waals surface area contributed by atoms with Crippen LogP contribution in [0.4, 0.5) is 4.39 Å². The Bertz CT molecular complexity index is 1130. The van der Waals surface area contributed by atoms with Gasteiger partial charge in [0.1, 0.15) is 5.82 Å². The molecular formula is C36H43FO2. The molecule has 3 aromatic carbocycles. The Morgan fingerprint density at radius 2 is 1.21 bits per heavy atom. The number of unbranched alkanes of at least 4 members (excludes halogenated alkanes) is 9. The lowest BCUT2D eigenvalue weighted by Crippen LogP contribution is -1.95. The van der Waals surface area contributed by atoms with Crippen LogP contribution in [0.2, 0.25) is 0 Å².